The summed E-state index contributed by atoms with van der Waals surface area (Å²) in [7, 11) is 1.69. The van der Waals surface area contributed by atoms with Crippen molar-refractivity contribution in [3.8, 4) is 0 Å². The molecule has 4 atom stereocenters. The highest BCUT2D eigenvalue weighted by Crippen LogP contribution is 2.40. The van der Waals surface area contributed by atoms with Crippen molar-refractivity contribution in [2.24, 2.45) is 17.3 Å². The Morgan fingerprint density at radius 1 is 1.27 bits per heavy atom. The number of unbranched alkanes of at least 4 members (excludes halogenated alkanes) is 1. The molecular formula is C32H54N4O5. The molecule has 1 aliphatic heterocycles. The number of amides is 1. The minimum absolute atomic E-state index is 0.119. The van der Waals surface area contributed by atoms with E-state index in [4.69, 9.17) is 9.47 Å². The summed E-state index contributed by atoms with van der Waals surface area (Å²) in [4.78, 5) is 14.0. The molecule has 9 heteroatoms. The topological polar surface area (TPSA) is 109 Å². The Labute approximate surface area is 246 Å². The molecule has 3 rings (SSSR count). The van der Waals surface area contributed by atoms with E-state index in [1.807, 2.05) is 42.9 Å². The summed E-state index contributed by atoms with van der Waals surface area (Å²) in [5, 5.41) is 31.1. The van der Waals surface area contributed by atoms with Gasteiger partial charge in [0.25, 0.3) is 0 Å². The summed E-state index contributed by atoms with van der Waals surface area (Å²) in [6.45, 7) is 17.3. The standard InChI is InChI=1S/C32H54N4O5/c1-9-10-14-31(4,5)21-33-20-28-27(36(30(38)39)32(6,7)41-28)18-25(22(2)3)29(37)23-12-13-24-19-34-35(26(24)17-23)15-11-16-40-8/h12-13,17,19,22,25,27-29,33,37H,9-11,14-16,18,20-21H2,1-8H3,(H,38,39)/t25?,27?,28?,29-/m1/s1. The second kappa shape index (κ2) is 14.3. The minimum Gasteiger partial charge on any atom is -0.465 e. The number of aryl methyl sites for hydroxylation is 1. The summed E-state index contributed by atoms with van der Waals surface area (Å²) < 4.78 is 13.5. The van der Waals surface area contributed by atoms with Crippen molar-refractivity contribution in [2.45, 2.75) is 111 Å². The van der Waals surface area contributed by atoms with E-state index in [2.05, 4.69) is 45.0 Å². The first-order valence-corrected chi connectivity index (χ1v) is 15.3. The molecule has 41 heavy (non-hydrogen) atoms. The summed E-state index contributed by atoms with van der Waals surface area (Å²) in [6, 6.07) is 5.60. The zero-order valence-electron chi connectivity index (χ0n) is 26.5. The Hall–Kier alpha value is -2.20. The van der Waals surface area contributed by atoms with Crippen molar-refractivity contribution in [3.05, 3.63) is 30.0 Å². The first kappa shape index (κ1) is 33.3. The molecule has 3 unspecified atom stereocenters. The number of nitrogens with zero attached hydrogens (tertiary/aromatic N) is 3. The van der Waals surface area contributed by atoms with Crippen molar-refractivity contribution < 1.29 is 24.5 Å². The van der Waals surface area contributed by atoms with Gasteiger partial charge in [-0.2, -0.15) is 5.10 Å². The van der Waals surface area contributed by atoms with Crippen LogP contribution in [0.4, 0.5) is 4.79 Å². The summed E-state index contributed by atoms with van der Waals surface area (Å²) >= 11 is 0. The molecule has 0 saturated carbocycles. The van der Waals surface area contributed by atoms with Crippen LogP contribution in [0.5, 0.6) is 0 Å². The lowest BCUT2D eigenvalue weighted by Gasteiger charge is -2.35. The molecular weight excluding hydrogens is 520 g/mol. The maximum Gasteiger partial charge on any atom is 0.409 e. The van der Waals surface area contributed by atoms with Gasteiger partial charge in [-0.05, 0) is 62.0 Å². The predicted molar refractivity (Wildman–Crippen MR) is 163 cm³/mol. The zero-order chi connectivity index (χ0) is 30.4. The van der Waals surface area contributed by atoms with Gasteiger partial charge >= 0.3 is 6.09 Å². The van der Waals surface area contributed by atoms with E-state index in [0.29, 0.717) is 19.6 Å². The maximum absolute atomic E-state index is 12.5. The number of methoxy groups -OCH3 is 1. The van der Waals surface area contributed by atoms with Gasteiger partial charge in [0.15, 0.2) is 0 Å². The first-order chi connectivity index (χ1) is 19.3. The van der Waals surface area contributed by atoms with E-state index in [-0.39, 0.29) is 29.4 Å². The van der Waals surface area contributed by atoms with E-state index < -0.39 is 17.9 Å². The highest BCUT2D eigenvalue weighted by Gasteiger charge is 2.51. The number of benzene rings is 1. The molecule has 1 aromatic heterocycles. The summed E-state index contributed by atoms with van der Waals surface area (Å²) in [5.41, 5.74) is 0.987. The Morgan fingerprint density at radius 2 is 2.00 bits per heavy atom. The van der Waals surface area contributed by atoms with E-state index in [9.17, 15) is 15.0 Å². The third-order valence-corrected chi connectivity index (χ3v) is 8.65. The SMILES string of the molecule is CCCCC(C)(C)CNCC1OC(C)(C)N(C(=O)O)C1CC(C(C)C)[C@H](O)c1ccc2cnn(CCCOC)c2c1. The van der Waals surface area contributed by atoms with Crippen molar-refractivity contribution in [1.29, 1.82) is 0 Å². The molecule has 0 spiro atoms. The normalized spacial score (nSPS) is 20.7. The predicted octanol–water partition coefficient (Wildman–Crippen LogP) is 6.06. The van der Waals surface area contributed by atoms with Gasteiger partial charge in [0.1, 0.15) is 5.72 Å². The molecule has 0 bridgehead atoms. The first-order valence-electron chi connectivity index (χ1n) is 15.3. The number of rotatable bonds is 16. The summed E-state index contributed by atoms with van der Waals surface area (Å²) in [6.07, 6.45) is 4.60. The van der Waals surface area contributed by atoms with Gasteiger partial charge in [-0.15, -0.1) is 0 Å². The Kier molecular flexibility index (Phi) is 11.6. The van der Waals surface area contributed by atoms with Gasteiger partial charge in [-0.25, -0.2) is 4.79 Å². The third kappa shape index (κ3) is 8.43. The lowest BCUT2D eigenvalue weighted by Crippen LogP contribution is -2.49. The average molecular weight is 575 g/mol. The van der Waals surface area contributed by atoms with Gasteiger partial charge in [0.2, 0.25) is 0 Å². The van der Waals surface area contributed by atoms with Crippen LogP contribution in [0.25, 0.3) is 10.9 Å². The van der Waals surface area contributed by atoms with Crippen LogP contribution >= 0.6 is 0 Å². The molecule has 9 nitrogen and oxygen atoms in total. The van der Waals surface area contributed by atoms with Crippen LogP contribution in [0.3, 0.4) is 0 Å². The number of hydrogen-bond donors (Lipinski definition) is 3. The van der Waals surface area contributed by atoms with Gasteiger partial charge in [0.05, 0.1) is 30.0 Å². The van der Waals surface area contributed by atoms with Crippen LogP contribution in [0, 0.1) is 17.3 Å². The molecule has 1 aromatic carbocycles. The fourth-order valence-electron chi connectivity index (χ4n) is 6.27. The summed E-state index contributed by atoms with van der Waals surface area (Å²) in [5.74, 6) is -0.0570. The van der Waals surface area contributed by atoms with Crippen LogP contribution in [0.2, 0.25) is 0 Å². The number of hydrogen-bond acceptors (Lipinski definition) is 6. The quantitative estimate of drug-likeness (QED) is 0.209. The molecule has 1 fully saturated rings. The fourth-order valence-corrected chi connectivity index (χ4v) is 6.27. The average Bonchev–Trinajstić information content (AvgIpc) is 3.41. The highest BCUT2D eigenvalue weighted by atomic mass is 16.6. The largest absolute Gasteiger partial charge is 0.465 e. The fraction of sp³-hybridized carbons (Fsp3) is 0.750. The molecule has 2 aromatic rings. The lowest BCUT2D eigenvalue weighted by molar-refractivity contribution is -0.0659. The number of aliphatic hydroxyl groups excluding tert-OH is 1. The number of carboxylic acid groups (broad SMARTS) is 1. The van der Waals surface area contributed by atoms with E-state index >= 15 is 0 Å². The van der Waals surface area contributed by atoms with Gasteiger partial charge < -0.3 is 25.0 Å². The van der Waals surface area contributed by atoms with Crippen LogP contribution in [0.1, 0.15) is 92.2 Å². The van der Waals surface area contributed by atoms with Crippen molar-refractivity contribution in [2.75, 3.05) is 26.8 Å². The van der Waals surface area contributed by atoms with Crippen molar-refractivity contribution >= 4 is 17.0 Å². The number of aliphatic hydroxyl groups is 1. The van der Waals surface area contributed by atoms with Crippen LogP contribution in [0.15, 0.2) is 24.4 Å². The van der Waals surface area contributed by atoms with E-state index in [0.717, 1.165) is 42.4 Å². The minimum atomic E-state index is -0.996. The number of aromatic nitrogens is 2. The van der Waals surface area contributed by atoms with Crippen molar-refractivity contribution in [3.63, 3.8) is 0 Å². The van der Waals surface area contributed by atoms with E-state index in [1.165, 1.54) is 17.7 Å². The van der Waals surface area contributed by atoms with Crippen LogP contribution in [-0.4, -0.2) is 75.7 Å². The molecule has 232 valence electrons. The molecule has 1 amide bonds. The Bertz CT molecular complexity index is 1110. The maximum atomic E-state index is 12.5. The second-order valence-corrected chi connectivity index (χ2v) is 13.3. The molecule has 1 aliphatic rings. The number of ether oxygens (including phenoxy) is 2. The molecule has 1 saturated heterocycles. The van der Waals surface area contributed by atoms with E-state index in [1.54, 1.807) is 7.11 Å². The second-order valence-electron chi connectivity index (χ2n) is 13.3. The lowest BCUT2D eigenvalue weighted by atomic mass is 9.80. The Balaban J connectivity index is 1.83. The Morgan fingerprint density at radius 3 is 2.63 bits per heavy atom. The van der Waals surface area contributed by atoms with Gasteiger partial charge in [-0.3, -0.25) is 9.58 Å². The van der Waals surface area contributed by atoms with Crippen LogP contribution < -0.4 is 5.32 Å². The molecule has 0 radical (unpaired) electrons. The number of carbonyl (C=O) groups is 1. The third-order valence-electron chi connectivity index (χ3n) is 8.65. The molecule has 2 heterocycles. The zero-order valence-corrected chi connectivity index (χ0v) is 26.5. The highest BCUT2D eigenvalue weighted by molar-refractivity contribution is 5.79. The smallest absolute Gasteiger partial charge is 0.409 e. The number of fused-ring (bicyclic) bond motifs is 1. The monoisotopic (exact) mass is 574 g/mol. The van der Waals surface area contributed by atoms with Crippen LogP contribution in [-0.2, 0) is 16.0 Å². The van der Waals surface area contributed by atoms with Crippen molar-refractivity contribution in [1.82, 2.24) is 20.0 Å². The molecule has 3 N–H and O–H groups in total. The number of nitrogens with one attached hydrogen (secondary N) is 1. The molecule has 0 aliphatic carbocycles. The van der Waals surface area contributed by atoms with Gasteiger partial charge in [0, 0.05) is 38.7 Å². The van der Waals surface area contributed by atoms with Gasteiger partial charge in [-0.1, -0.05) is 59.6 Å².